The molecule has 3 rings (SSSR count). The zero-order valence-electron chi connectivity index (χ0n) is 18.1. The highest BCUT2D eigenvalue weighted by Crippen LogP contribution is 2.59. The number of aromatic hydroxyl groups is 1. The van der Waals surface area contributed by atoms with Gasteiger partial charge < -0.3 is 19.1 Å². The molecule has 0 aromatic heterocycles. The fourth-order valence-electron chi connectivity index (χ4n) is 4.46. The van der Waals surface area contributed by atoms with Gasteiger partial charge in [-0.2, -0.15) is 47.9 Å². The second-order valence-electron chi connectivity index (χ2n) is 9.04. The van der Waals surface area contributed by atoms with Crippen LogP contribution in [0.3, 0.4) is 0 Å². The van der Waals surface area contributed by atoms with E-state index < -0.39 is 67.0 Å². The minimum Gasteiger partial charge on any atom is -0.506 e. The van der Waals surface area contributed by atoms with Crippen LogP contribution in [0.2, 0.25) is 0 Å². The van der Waals surface area contributed by atoms with Crippen molar-refractivity contribution in [1.29, 1.82) is 0 Å². The van der Waals surface area contributed by atoms with Crippen molar-refractivity contribution in [1.82, 2.24) is 0 Å². The Balaban J connectivity index is 2.08. The van der Waals surface area contributed by atoms with Gasteiger partial charge in [-0.15, -0.1) is 0 Å². The smallest absolute Gasteiger partial charge is 0.460 e. The van der Waals surface area contributed by atoms with Gasteiger partial charge in [-0.1, -0.05) is 0 Å². The van der Waals surface area contributed by atoms with Gasteiger partial charge in [-0.25, -0.2) is 0 Å². The average molecular weight is 625 g/mol. The van der Waals surface area contributed by atoms with E-state index in [1.54, 1.807) is 13.8 Å². The number of rotatable bonds is 5. The third-order valence-electron chi connectivity index (χ3n) is 6.30. The van der Waals surface area contributed by atoms with Crippen LogP contribution in [0.4, 0.5) is 39.5 Å². The van der Waals surface area contributed by atoms with E-state index in [9.17, 15) is 58.1 Å². The number of ether oxygens (including phenoxy) is 1. The number of benzene rings is 1. The van der Waals surface area contributed by atoms with E-state index in [1.807, 2.05) is 0 Å². The van der Waals surface area contributed by atoms with E-state index in [1.165, 1.54) is 0 Å². The Kier molecular flexibility index (Phi) is 6.79. The number of aliphatic hydroxyl groups excluding tert-OH is 1. The van der Waals surface area contributed by atoms with Crippen molar-refractivity contribution in [3.05, 3.63) is 16.1 Å². The largest absolute Gasteiger partial charge is 0.506 e. The molecule has 206 valence electrons. The first kappa shape index (κ1) is 28.9. The van der Waals surface area contributed by atoms with Crippen LogP contribution in [-0.2, 0) is 10.1 Å². The van der Waals surface area contributed by atoms with Gasteiger partial charge in [-0.05, 0) is 49.0 Å². The van der Waals surface area contributed by atoms with Crippen LogP contribution in [0.1, 0.15) is 44.6 Å². The SMILES string of the molecule is CC1(C)Oc2cc(OS(=O)(=O)C(F)(F)C(F)(F)C(F)(F)C(F)(F)F)c(Br)c(O)c2[C@@H]2C[C@@H](O)CC[C@H]21. The fraction of sp³-hybridized carbons (Fsp3) is 0.684. The average Bonchev–Trinajstić information content (AvgIpc) is 2.69. The molecule has 1 fully saturated rings. The van der Waals surface area contributed by atoms with Gasteiger partial charge >= 0.3 is 33.4 Å². The lowest BCUT2D eigenvalue weighted by Gasteiger charge is -2.48. The lowest BCUT2D eigenvalue weighted by atomic mass is 9.66. The van der Waals surface area contributed by atoms with Gasteiger partial charge in [0.2, 0.25) is 0 Å². The third-order valence-corrected chi connectivity index (χ3v) is 8.35. The highest BCUT2D eigenvalue weighted by molar-refractivity contribution is 9.10. The standard InChI is InChI=1S/C19H18BrF9O6S/c1-15(2)9-4-3-7(30)5-8(9)12-10(34-15)6-11(13(20)14(12)31)35-36(32,33)19(28,29)17(23,24)16(21,22)18(25,26)27/h6-9,30-31H,3-5H2,1-2H3/t7-,8+,9+/m0/s1. The summed E-state index contributed by atoms with van der Waals surface area (Å²) in [6, 6.07) is 0.575. The molecule has 1 saturated carbocycles. The zero-order valence-corrected chi connectivity index (χ0v) is 20.5. The molecule has 0 unspecified atom stereocenters. The summed E-state index contributed by atoms with van der Waals surface area (Å²) < 4.78 is 151. The molecule has 1 aromatic rings. The molecule has 17 heteroatoms. The summed E-state index contributed by atoms with van der Waals surface area (Å²) in [6.45, 7) is 3.19. The monoisotopic (exact) mass is 624 g/mol. The molecule has 1 heterocycles. The molecule has 0 spiro atoms. The van der Waals surface area contributed by atoms with Crippen LogP contribution >= 0.6 is 15.9 Å². The number of hydrogen-bond donors (Lipinski definition) is 2. The second kappa shape index (κ2) is 8.44. The highest BCUT2D eigenvalue weighted by Gasteiger charge is 2.86. The predicted molar refractivity (Wildman–Crippen MR) is 107 cm³/mol. The molecule has 2 N–H and O–H groups in total. The Labute approximate surface area is 206 Å². The molecule has 0 saturated heterocycles. The first-order chi connectivity index (χ1) is 16.0. The van der Waals surface area contributed by atoms with Crippen molar-refractivity contribution in [3.63, 3.8) is 0 Å². The molecule has 1 aliphatic heterocycles. The summed E-state index contributed by atoms with van der Waals surface area (Å²) in [4.78, 5) is 0. The molecule has 3 atom stereocenters. The van der Waals surface area contributed by atoms with Crippen LogP contribution in [0.5, 0.6) is 17.2 Å². The number of fused-ring (bicyclic) bond motifs is 3. The van der Waals surface area contributed by atoms with Gasteiger partial charge in [0.25, 0.3) is 0 Å². The molecule has 1 aliphatic carbocycles. The van der Waals surface area contributed by atoms with Gasteiger partial charge in [-0.3, -0.25) is 0 Å². The quantitative estimate of drug-likeness (QED) is 0.322. The normalized spacial score (nSPS) is 25.0. The number of aliphatic hydroxyl groups is 1. The summed E-state index contributed by atoms with van der Waals surface area (Å²) in [6.07, 6.45) is -7.08. The van der Waals surface area contributed by atoms with E-state index in [4.69, 9.17) is 4.74 Å². The molecule has 0 bridgehead atoms. The number of alkyl halides is 9. The Morgan fingerprint density at radius 2 is 1.61 bits per heavy atom. The lowest BCUT2D eigenvalue weighted by Crippen LogP contribution is -2.63. The third kappa shape index (κ3) is 4.18. The molecular formula is C19H18BrF9O6S. The maximum Gasteiger partial charge on any atom is 0.460 e. The van der Waals surface area contributed by atoms with Crippen LogP contribution < -0.4 is 8.92 Å². The van der Waals surface area contributed by atoms with Crippen LogP contribution in [0, 0.1) is 5.92 Å². The Bertz CT molecular complexity index is 1150. The van der Waals surface area contributed by atoms with Gasteiger partial charge in [0.15, 0.2) is 5.75 Å². The Morgan fingerprint density at radius 1 is 1.06 bits per heavy atom. The minimum absolute atomic E-state index is 0.00427. The van der Waals surface area contributed by atoms with Gasteiger partial charge in [0, 0.05) is 23.5 Å². The molecule has 0 amide bonds. The van der Waals surface area contributed by atoms with Crippen molar-refractivity contribution in [2.75, 3.05) is 0 Å². The van der Waals surface area contributed by atoms with E-state index in [-0.39, 0.29) is 23.7 Å². The molecular weight excluding hydrogens is 607 g/mol. The summed E-state index contributed by atoms with van der Waals surface area (Å²) >= 11 is 2.64. The summed E-state index contributed by atoms with van der Waals surface area (Å²) in [7, 11) is -7.24. The zero-order chi connectivity index (χ0) is 27.9. The highest BCUT2D eigenvalue weighted by atomic mass is 79.9. The number of halogens is 10. The number of hydrogen-bond acceptors (Lipinski definition) is 6. The number of phenols is 1. The van der Waals surface area contributed by atoms with Gasteiger partial charge in [0.05, 0.1) is 6.10 Å². The Hall–Kier alpha value is -1.62. The van der Waals surface area contributed by atoms with Crippen molar-refractivity contribution in [2.45, 2.75) is 74.0 Å². The maximum absolute atomic E-state index is 14.1. The van der Waals surface area contributed by atoms with Crippen molar-refractivity contribution in [3.8, 4) is 17.2 Å². The predicted octanol–water partition coefficient (Wildman–Crippen LogP) is 5.70. The van der Waals surface area contributed by atoms with Crippen molar-refractivity contribution in [2.24, 2.45) is 5.92 Å². The molecule has 36 heavy (non-hydrogen) atoms. The fourth-order valence-corrected chi connectivity index (χ4v) is 5.89. The van der Waals surface area contributed by atoms with Gasteiger partial charge in [0.1, 0.15) is 21.6 Å². The summed E-state index contributed by atoms with van der Waals surface area (Å²) in [5.41, 5.74) is -1.03. The minimum atomic E-state index is -7.48. The van der Waals surface area contributed by atoms with Crippen LogP contribution in [0.15, 0.2) is 10.5 Å². The summed E-state index contributed by atoms with van der Waals surface area (Å²) in [5.74, 6) is -18.4. The van der Waals surface area contributed by atoms with Crippen LogP contribution in [0.25, 0.3) is 0 Å². The molecule has 2 aliphatic rings. The first-order valence-electron chi connectivity index (χ1n) is 10.1. The molecule has 0 radical (unpaired) electrons. The topological polar surface area (TPSA) is 93.1 Å². The maximum atomic E-state index is 14.1. The van der Waals surface area contributed by atoms with Crippen molar-refractivity contribution >= 4 is 26.0 Å². The Morgan fingerprint density at radius 3 is 2.14 bits per heavy atom. The number of phenolic OH excluding ortho intramolecular Hbond substituents is 1. The first-order valence-corrected chi connectivity index (χ1v) is 12.3. The van der Waals surface area contributed by atoms with E-state index in [0.29, 0.717) is 18.9 Å². The lowest BCUT2D eigenvalue weighted by molar-refractivity contribution is -0.382. The van der Waals surface area contributed by atoms with Crippen LogP contribution in [-0.4, -0.2) is 53.6 Å². The second-order valence-corrected chi connectivity index (χ2v) is 11.4. The molecule has 1 aromatic carbocycles. The van der Waals surface area contributed by atoms with E-state index in [2.05, 4.69) is 20.1 Å². The summed E-state index contributed by atoms with van der Waals surface area (Å²) in [5, 5.41) is 13.6. The van der Waals surface area contributed by atoms with Crippen molar-refractivity contribution < 1.29 is 67.1 Å². The molecule has 6 nitrogen and oxygen atoms in total. The van der Waals surface area contributed by atoms with E-state index in [0.717, 1.165) is 0 Å². The van der Waals surface area contributed by atoms with E-state index >= 15 is 0 Å².